The van der Waals surface area contributed by atoms with Crippen LogP contribution >= 0.6 is 0 Å². The SMILES string of the molecule is CCOCC(=O)N1Cc2ccnn2CC(Oc2ccc(C#N)cn2)C1.O=C(O)C(F)(F)F. The predicted molar refractivity (Wildman–Crippen MR) is 101 cm³/mol. The number of nitriles is 1. The zero-order valence-corrected chi connectivity index (χ0v) is 16.9. The Morgan fingerprint density at radius 3 is 2.59 bits per heavy atom. The smallest absolute Gasteiger partial charge is 0.475 e. The molecule has 1 N–H and O–H groups in total. The number of carboxylic acid groups (broad SMARTS) is 1. The number of hydrogen-bond acceptors (Lipinski definition) is 7. The molecule has 0 bridgehead atoms. The quantitative estimate of drug-likeness (QED) is 0.720. The molecule has 2 aromatic rings. The first-order valence-corrected chi connectivity index (χ1v) is 9.33. The summed E-state index contributed by atoms with van der Waals surface area (Å²) in [5.74, 6) is -2.43. The summed E-state index contributed by atoms with van der Waals surface area (Å²) < 4.78 is 44.7. The third-order valence-corrected chi connectivity index (χ3v) is 4.14. The molecular formula is C19H20F3N5O5. The predicted octanol–water partition coefficient (Wildman–Crippen LogP) is 1.61. The highest BCUT2D eigenvalue weighted by atomic mass is 19.4. The van der Waals surface area contributed by atoms with Gasteiger partial charge in [-0.1, -0.05) is 0 Å². The zero-order valence-electron chi connectivity index (χ0n) is 16.9. The van der Waals surface area contributed by atoms with Crippen molar-refractivity contribution < 1.29 is 37.3 Å². The molecule has 1 atom stereocenters. The highest BCUT2D eigenvalue weighted by Gasteiger charge is 2.38. The van der Waals surface area contributed by atoms with Gasteiger partial charge in [-0.3, -0.25) is 9.48 Å². The lowest BCUT2D eigenvalue weighted by Gasteiger charge is -2.24. The Labute approximate surface area is 180 Å². The lowest BCUT2D eigenvalue weighted by atomic mass is 10.3. The minimum absolute atomic E-state index is 0.0481. The van der Waals surface area contributed by atoms with Crippen molar-refractivity contribution in [1.29, 1.82) is 5.26 Å². The zero-order chi connectivity index (χ0) is 23.7. The van der Waals surface area contributed by atoms with Crippen LogP contribution in [0.25, 0.3) is 0 Å². The van der Waals surface area contributed by atoms with Crippen molar-refractivity contribution in [1.82, 2.24) is 19.7 Å². The first-order valence-electron chi connectivity index (χ1n) is 9.33. The molecule has 172 valence electrons. The van der Waals surface area contributed by atoms with Crippen LogP contribution in [0.3, 0.4) is 0 Å². The number of carbonyl (C=O) groups is 2. The van der Waals surface area contributed by atoms with E-state index < -0.39 is 12.1 Å². The summed E-state index contributed by atoms with van der Waals surface area (Å²) in [4.78, 5) is 27.1. The van der Waals surface area contributed by atoms with Crippen molar-refractivity contribution in [2.45, 2.75) is 32.3 Å². The summed E-state index contributed by atoms with van der Waals surface area (Å²) in [6.07, 6.45) is -2.21. The highest BCUT2D eigenvalue weighted by Crippen LogP contribution is 2.17. The van der Waals surface area contributed by atoms with Gasteiger partial charge in [0.25, 0.3) is 0 Å². The monoisotopic (exact) mass is 455 g/mol. The van der Waals surface area contributed by atoms with Crippen LogP contribution in [0.15, 0.2) is 30.6 Å². The third kappa shape index (κ3) is 7.24. The van der Waals surface area contributed by atoms with Gasteiger partial charge in [0.15, 0.2) is 0 Å². The Morgan fingerprint density at radius 1 is 1.31 bits per heavy atom. The molecule has 3 rings (SSSR count). The first kappa shape index (κ1) is 24.6. The number of ether oxygens (including phenoxy) is 2. The van der Waals surface area contributed by atoms with Gasteiger partial charge in [-0.15, -0.1) is 0 Å². The summed E-state index contributed by atoms with van der Waals surface area (Å²) in [5, 5.41) is 20.3. The summed E-state index contributed by atoms with van der Waals surface area (Å²) >= 11 is 0. The minimum Gasteiger partial charge on any atom is -0.475 e. The Kier molecular flexibility index (Phi) is 8.54. The number of carboxylic acids is 1. The van der Waals surface area contributed by atoms with E-state index in [-0.39, 0.29) is 18.6 Å². The second kappa shape index (κ2) is 11.1. The van der Waals surface area contributed by atoms with Crippen molar-refractivity contribution in [3.05, 3.63) is 41.9 Å². The van der Waals surface area contributed by atoms with Crippen molar-refractivity contribution in [3.8, 4) is 11.9 Å². The van der Waals surface area contributed by atoms with E-state index in [0.29, 0.717) is 37.7 Å². The number of amides is 1. The molecule has 0 saturated carbocycles. The van der Waals surface area contributed by atoms with Crippen LogP contribution in [0.4, 0.5) is 13.2 Å². The standard InChI is InChI=1S/C17H19N5O3.C2HF3O2/c1-2-24-12-17(23)21-9-14-5-6-20-22(14)11-15(10-21)25-16-4-3-13(7-18)8-19-16;3-2(4,5)1(6)7/h3-6,8,15H,2,9-12H2,1H3;(H,6,7). The van der Waals surface area contributed by atoms with E-state index in [1.165, 1.54) is 6.20 Å². The molecule has 0 spiro atoms. The van der Waals surface area contributed by atoms with Gasteiger partial charge >= 0.3 is 12.1 Å². The highest BCUT2D eigenvalue weighted by molar-refractivity contribution is 5.77. The number of alkyl halides is 3. The van der Waals surface area contributed by atoms with Gasteiger partial charge in [0, 0.05) is 25.1 Å². The van der Waals surface area contributed by atoms with Gasteiger partial charge in [-0.25, -0.2) is 9.78 Å². The fourth-order valence-corrected chi connectivity index (χ4v) is 2.65. The maximum absolute atomic E-state index is 12.4. The molecule has 10 nitrogen and oxygen atoms in total. The summed E-state index contributed by atoms with van der Waals surface area (Å²) in [5.41, 5.74) is 1.42. The number of halogens is 3. The maximum Gasteiger partial charge on any atom is 0.490 e. The number of carbonyl (C=O) groups excluding carboxylic acids is 1. The number of fused-ring (bicyclic) bond motifs is 1. The molecule has 0 fully saturated rings. The molecule has 1 aliphatic heterocycles. The Balaban J connectivity index is 0.000000451. The summed E-state index contributed by atoms with van der Waals surface area (Å²) in [6, 6.07) is 7.21. The average molecular weight is 455 g/mol. The topological polar surface area (TPSA) is 131 Å². The van der Waals surface area contributed by atoms with Gasteiger partial charge in [0.1, 0.15) is 18.8 Å². The van der Waals surface area contributed by atoms with E-state index in [1.54, 1.807) is 23.2 Å². The van der Waals surface area contributed by atoms with Crippen LogP contribution in [0.1, 0.15) is 18.2 Å². The van der Waals surface area contributed by atoms with Gasteiger partial charge in [-0.05, 0) is 19.1 Å². The van der Waals surface area contributed by atoms with Crippen LogP contribution in [0.5, 0.6) is 5.88 Å². The van der Waals surface area contributed by atoms with Crippen LogP contribution in [0, 0.1) is 11.3 Å². The second-order valence-corrected chi connectivity index (χ2v) is 6.46. The van der Waals surface area contributed by atoms with Gasteiger partial charge in [0.2, 0.25) is 11.8 Å². The molecule has 1 aliphatic rings. The first-order chi connectivity index (χ1) is 15.1. The molecule has 0 saturated heterocycles. The Morgan fingerprint density at radius 2 is 2.03 bits per heavy atom. The molecule has 0 radical (unpaired) electrons. The van der Waals surface area contributed by atoms with E-state index in [1.807, 2.05) is 23.7 Å². The van der Waals surface area contributed by atoms with E-state index in [9.17, 15) is 18.0 Å². The number of rotatable bonds is 5. The van der Waals surface area contributed by atoms with Gasteiger partial charge in [0.05, 0.1) is 30.9 Å². The molecule has 3 heterocycles. The van der Waals surface area contributed by atoms with Crippen LogP contribution in [0.2, 0.25) is 0 Å². The third-order valence-electron chi connectivity index (χ3n) is 4.14. The number of hydrogen-bond donors (Lipinski definition) is 1. The summed E-state index contributed by atoms with van der Waals surface area (Å²) in [6.45, 7) is 3.79. The van der Waals surface area contributed by atoms with Crippen molar-refractivity contribution >= 4 is 11.9 Å². The van der Waals surface area contributed by atoms with E-state index in [0.717, 1.165) is 5.69 Å². The number of aliphatic carboxylic acids is 1. The van der Waals surface area contributed by atoms with Crippen LogP contribution in [-0.2, 0) is 27.4 Å². The van der Waals surface area contributed by atoms with E-state index in [2.05, 4.69) is 10.1 Å². The molecule has 13 heteroatoms. The molecule has 0 aromatic carbocycles. The minimum atomic E-state index is -5.08. The number of aromatic nitrogens is 3. The normalized spacial score (nSPS) is 15.5. The van der Waals surface area contributed by atoms with Crippen molar-refractivity contribution in [2.75, 3.05) is 19.8 Å². The van der Waals surface area contributed by atoms with Crippen molar-refractivity contribution in [2.24, 2.45) is 0 Å². The fourth-order valence-electron chi connectivity index (χ4n) is 2.65. The van der Waals surface area contributed by atoms with Gasteiger partial charge in [-0.2, -0.15) is 23.5 Å². The fraction of sp³-hybridized carbons (Fsp3) is 0.421. The van der Waals surface area contributed by atoms with Crippen LogP contribution < -0.4 is 4.74 Å². The second-order valence-electron chi connectivity index (χ2n) is 6.46. The number of pyridine rings is 1. The number of nitrogens with zero attached hydrogens (tertiary/aromatic N) is 5. The largest absolute Gasteiger partial charge is 0.490 e. The van der Waals surface area contributed by atoms with E-state index >= 15 is 0 Å². The Hall–Kier alpha value is -3.66. The summed E-state index contributed by atoms with van der Waals surface area (Å²) in [7, 11) is 0. The molecule has 1 amide bonds. The molecule has 1 unspecified atom stereocenters. The lowest BCUT2D eigenvalue weighted by Crippen LogP contribution is -2.40. The van der Waals surface area contributed by atoms with Crippen molar-refractivity contribution in [3.63, 3.8) is 0 Å². The molecule has 0 aliphatic carbocycles. The maximum atomic E-state index is 12.4. The Bertz CT molecular complexity index is 955. The molecule has 2 aromatic heterocycles. The average Bonchev–Trinajstić information content (AvgIpc) is 3.10. The van der Waals surface area contributed by atoms with E-state index in [4.69, 9.17) is 24.6 Å². The van der Waals surface area contributed by atoms with Gasteiger partial charge < -0.3 is 19.5 Å². The van der Waals surface area contributed by atoms with Crippen LogP contribution in [-0.4, -0.2) is 68.7 Å². The lowest BCUT2D eigenvalue weighted by molar-refractivity contribution is -0.192. The molecular weight excluding hydrogens is 435 g/mol. The molecule has 32 heavy (non-hydrogen) atoms.